The van der Waals surface area contributed by atoms with E-state index < -0.39 is 0 Å². The summed E-state index contributed by atoms with van der Waals surface area (Å²) in [5.74, 6) is 0.123. The van der Waals surface area contributed by atoms with Gasteiger partial charge in [-0.3, -0.25) is 4.79 Å². The van der Waals surface area contributed by atoms with E-state index in [1.165, 1.54) is 12.1 Å². The zero-order valence-corrected chi connectivity index (χ0v) is 15.0. The summed E-state index contributed by atoms with van der Waals surface area (Å²) in [5, 5.41) is 8.85. The third-order valence-corrected chi connectivity index (χ3v) is 4.24. The fraction of sp³-hybridized carbons (Fsp3) is 0.400. The summed E-state index contributed by atoms with van der Waals surface area (Å²) in [6.45, 7) is 5.29. The Morgan fingerprint density at radius 3 is 2.48 bits per heavy atom. The Kier molecular flexibility index (Phi) is 6.35. The lowest BCUT2D eigenvalue weighted by atomic mass is 10.1. The molecule has 1 amide bonds. The van der Waals surface area contributed by atoms with Crippen LogP contribution in [-0.2, 0) is 7.05 Å². The molecule has 132 valence electrons. The fourth-order valence-electron chi connectivity index (χ4n) is 2.71. The Morgan fingerprint density at radius 1 is 1.20 bits per heavy atom. The van der Waals surface area contributed by atoms with E-state index in [9.17, 15) is 9.18 Å². The van der Waals surface area contributed by atoms with Gasteiger partial charge in [0.05, 0.1) is 12.5 Å². The molecule has 0 fully saturated rings. The molecule has 0 atom stereocenters. The number of hydrogen-bond donors (Lipinski definition) is 0. The Labute approximate surface area is 148 Å². The summed E-state index contributed by atoms with van der Waals surface area (Å²) in [6, 6.07) is 12.0. The molecule has 0 aliphatic heterocycles. The number of carbonyl (C=O) groups is 1. The average Bonchev–Trinajstić information content (AvgIpc) is 2.96. The van der Waals surface area contributed by atoms with Crippen molar-refractivity contribution in [2.75, 3.05) is 13.1 Å². The van der Waals surface area contributed by atoms with Gasteiger partial charge >= 0.3 is 0 Å². The van der Waals surface area contributed by atoms with Gasteiger partial charge in [-0.05, 0) is 54.3 Å². The van der Waals surface area contributed by atoms with Crippen LogP contribution >= 0.6 is 0 Å². The first kappa shape index (κ1) is 18.7. The van der Waals surface area contributed by atoms with Gasteiger partial charge in [-0.2, -0.15) is 5.26 Å². The molecule has 4 nitrogen and oxygen atoms in total. The number of benzene rings is 1. The van der Waals surface area contributed by atoms with Crippen LogP contribution in [0.5, 0.6) is 0 Å². The maximum Gasteiger partial charge on any atom is 0.270 e. The highest BCUT2D eigenvalue weighted by Gasteiger charge is 2.20. The molecule has 0 N–H and O–H groups in total. The lowest BCUT2D eigenvalue weighted by Gasteiger charge is -2.23. The monoisotopic (exact) mass is 341 g/mol. The molecule has 1 aromatic heterocycles. The number of amides is 1. The molecule has 0 aliphatic rings. The van der Waals surface area contributed by atoms with Gasteiger partial charge in [0.25, 0.3) is 5.91 Å². The predicted octanol–water partition coefficient (Wildman–Crippen LogP) is 4.23. The molecule has 1 aromatic carbocycles. The molecule has 0 unspecified atom stereocenters. The summed E-state index contributed by atoms with van der Waals surface area (Å²) in [5.41, 5.74) is 2.28. The molecule has 1 heterocycles. The van der Waals surface area contributed by atoms with Gasteiger partial charge < -0.3 is 9.47 Å². The Bertz CT molecular complexity index is 756. The Morgan fingerprint density at radius 2 is 1.88 bits per heavy atom. The van der Waals surface area contributed by atoms with Crippen LogP contribution in [-0.4, -0.2) is 28.5 Å². The van der Waals surface area contributed by atoms with Crippen molar-refractivity contribution in [3.63, 3.8) is 0 Å². The zero-order chi connectivity index (χ0) is 18.4. The molecule has 0 radical (unpaired) electrons. The van der Waals surface area contributed by atoms with E-state index in [0.29, 0.717) is 31.1 Å². The molecular formula is C20H24FN3O. The predicted molar refractivity (Wildman–Crippen MR) is 96.4 cm³/mol. The van der Waals surface area contributed by atoms with E-state index in [1.807, 2.05) is 17.7 Å². The van der Waals surface area contributed by atoms with Crippen molar-refractivity contribution in [1.29, 1.82) is 5.26 Å². The van der Waals surface area contributed by atoms with Crippen LogP contribution in [0.2, 0.25) is 0 Å². The van der Waals surface area contributed by atoms with Gasteiger partial charge in [0, 0.05) is 25.8 Å². The normalized spacial score (nSPS) is 10.7. The van der Waals surface area contributed by atoms with Gasteiger partial charge in [-0.1, -0.05) is 13.8 Å². The molecule has 0 aliphatic carbocycles. The fourth-order valence-corrected chi connectivity index (χ4v) is 2.71. The quantitative estimate of drug-likeness (QED) is 0.756. The standard InChI is InChI=1S/C20H24FN3O/c1-15(2)11-14-24(13-4-12-22)20(25)19-10-9-18(23(19)3)16-5-7-17(21)8-6-16/h5-10,15H,4,11,13-14H2,1-3H3. The van der Waals surface area contributed by atoms with Crippen LogP contribution in [0.3, 0.4) is 0 Å². The highest BCUT2D eigenvalue weighted by Crippen LogP contribution is 2.23. The first-order valence-corrected chi connectivity index (χ1v) is 8.52. The number of aromatic nitrogens is 1. The first-order valence-electron chi connectivity index (χ1n) is 8.52. The van der Waals surface area contributed by atoms with Crippen molar-refractivity contribution < 1.29 is 9.18 Å². The average molecular weight is 341 g/mol. The minimum atomic E-state index is -0.286. The largest absolute Gasteiger partial charge is 0.340 e. The molecule has 25 heavy (non-hydrogen) atoms. The van der Waals surface area contributed by atoms with E-state index in [0.717, 1.165) is 17.7 Å². The first-order chi connectivity index (χ1) is 11.9. The maximum atomic E-state index is 13.1. The van der Waals surface area contributed by atoms with Crippen molar-refractivity contribution in [2.24, 2.45) is 13.0 Å². The molecule has 0 bridgehead atoms. The molecule has 0 spiro atoms. The van der Waals surface area contributed by atoms with Gasteiger partial charge in [0.15, 0.2) is 0 Å². The number of nitriles is 1. The molecule has 5 heteroatoms. The van der Waals surface area contributed by atoms with Crippen LogP contribution in [0.15, 0.2) is 36.4 Å². The van der Waals surface area contributed by atoms with E-state index in [4.69, 9.17) is 5.26 Å². The third kappa shape index (κ3) is 4.69. The molecule has 2 aromatic rings. The van der Waals surface area contributed by atoms with Crippen molar-refractivity contribution in [3.8, 4) is 17.3 Å². The molecular weight excluding hydrogens is 317 g/mol. The second-order valence-corrected chi connectivity index (χ2v) is 6.55. The summed E-state index contributed by atoms with van der Waals surface area (Å²) >= 11 is 0. The number of hydrogen-bond acceptors (Lipinski definition) is 2. The SMILES string of the molecule is CC(C)CCN(CCC#N)C(=O)c1ccc(-c2ccc(F)cc2)n1C. The summed E-state index contributed by atoms with van der Waals surface area (Å²) in [6.07, 6.45) is 1.21. The number of halogens is 1. The van der Waals surface area contributed by atoms with Crippen LogP contribution in [0.1, 0.15) is 37.2 Å². The summed E-state index contributed by atoms with van der Waals surface area (Å²) < 4.78 is 14.9. The molecule has 0 saturated carbocycles. The smallest absolute Gasteiger partial charge is 0.270 e. The van der Waals surface area contributed by atoms with Crippen molar-refractivity contribution in [3.05, 3.63) is 47.9 Å². The van der Waals surface area contributed by atoms with Crippen molar-refractivity contribution in [2.45, 2.75) is 26.7 Å². The van der Waals surface area contributed by atoms with Gasteiger partial charge in [0.1, 0.15) is 11.5 Å². The van der Waals surface area contributed by atoms with Gasteiger partial charge in [-0.15, -0.1) is 0 Å². The topological polar surface area (TPSA) is 49.0 Å². The number of carbonyl (C=O) groups excluding carboxylic acids is 1. The van der Waals surface area contributed by atoms with Crippen LogP contribution in [0.4, 0.5) is 4.39 Å². The van der Waals surface area contributed by atoms with E-state index in [2.05, 4.69) is 19.9 Å². The molecule has 2 rings (SSSR count). The van der Waals surface area contributed by atoms with Crippen LogP contribution in [0, 0.1) is 23.1 Å². The highest BCUT2D eigenvalue weighted by atomic mass is 19.1. The Balaban J connectivity index is 2.24. The lowest BCUT2D eigenvalue weighted by Crippen LogP contribution is -2.34. The second-order valence-electron chi connectivity index (χ2n) is 6.55. The number of rotatable bonds is 7. The van der Waals surface area contributed by atoms with Gasteiger partial charge in [-0.25, -0.2) is 4.39 Å². The summed E-state index contributed by atoms with van der Waals surface area (Å²) in [7, 11) is 1.83. The van der Waals surface area contributed by atoms with E-state index in [1.54, 1.807) is 23.1 Å². The Hall–Kier alpha value is -2.61. The highest BCUT2D eigenvalue weighted by molar-refractivity contribution is 5.94. The zero-order valence-electron chi connectivity index (χ0n) is 15.0. The maximum absolute atomic E-state index is 13.1. The van der Waals surface area contributed by atoms with E-state index in [-0.39, 0.29) is 11.7 Å². The third-order valence-electron chi connectivity index (χ3n) is 4.24. The van der Waals surface area contributed by atoms with Crippen molar-refractivity contribution >= 4 is 5.91 Å². The van der Waals surface area contributed by atoms with E-state index >= 15 is 0 Å². The number of nitrogens with zero attached hydrogens (tertiary/aromatic N) is 3. The molecule has 0 saturated heterocycles. The van der Waals surface area contributed by atoms with Crippen molar-refractivity contribution in [1.82, 2.24) is 9.47 Å². The van der Waals surface area contributed by atoms with Crippen LogP contribution in [0.25, 0.3) is 11.3 Å². The minimum Gasteiger partial charge on any atom is -0.340 e. The van der Waals surface area contributed by atoms with Crippen LogP contribution < -0.4 is 0 Å². The minimum absolute atomic E-state index is 0.0771. The lowest BCUT2D eigenvalue weighted by molar-refractivity contribution is 0.0742. The second kappa shape index (κ2) is 8.48. The summed E-state index contributed by atoms with van der Waals surface area (Å²) in [4.78, 5) is 14.7. The van der Waals surface area contributed by atoms with Gasteiger partial charge in [0.2, 0.25) is 0 Å².